The topological polar surface area (TPSA) is 80.7 Å². The summed E-state index contributed by atoms with van der Waals surface area (Å²) < 4.78 is 11.1. The highest BCUT2D eigenvalue weighted by Crippen LogP contribution is 2.22. The lowest BCUT2D eigenvalue weighted by molar-refractivity contribution is -0.150. The zero-order valence-electron chi connectivity index (χ0n) is 13.0. The predicted molar refractivity (Wildman–Crippen MR) is 79.6 cm³/mol. The molecule has 0 bridgehead atoms. The highest BCUT2D eigenvalue weighted by molar-refractivity contribution is 5.81. The van der Waals surface area contributed by atoms with E-state index >= 15 is 0 Å². The predicted octanol–water partition coefficient (Wildman–Crippen LogP) is 0.722. The van der Waals surface area contributed by atoms with Gasteiger partial charge in [-0.05, 0) is 32.9 Å². The van der Waals surface area contributed by atoms with Crippen molar-refractivity contribution in [2.75, 3.05) is 19.6 Å². The summed E-state index contributed by atoms with van der Waals surface area (Å²) in [7, 11) is 0. The zero-order chi connectivity index (χ0) is 15.5. The Balaban J connectivity index is 1.91. The SMILES string of the molecule is CC(C(=O)NCc1ccco1)N1CC(CN)OC(C)(C)C1. The Morgan fingerprint density at radius 3 is 3.00 bits per heavy atom. The maximum Gasteiger partial charge on any atom is 0.237 e. The van der Waals surface area contributed by atoms with Crippen LogP contribution >= 0.6 is 0 Å². The van der Waals surface area contributed by atoms with Crippen LogP contribution in [0.3, 0.4) is 0 Å². The van der Waals surface area contributed by atoms with Crippen molar-refractivity contribution in [3.8, 4) is 0 Å². The summed E-state index contributed by atoms with van der Waals surface area (Å²) in [5.74, 6) is 0.734. The normalized spacial score (nSPS) is 23.7. The molecule has 3 N–H and O–H groups in total. The first-order valence-electron chi connectivity index (χ1n) is 7.33. The number of carbonyl (C=O) groups excluding carboxylic acids is 1. The quantitative estimate of drug-likeness (QED) is 0.837. The molecule has 1 fully saturated rings. The minimum atomic E-state index is -0.294. The molecule has 1 amide bonds. The van der Waals surface area contributed by atoms with Gasteiger partial charge in [0.05, 0.1) is 30.6 Å². The van der Waals surface area contributed by atoms with Crippen LogP contribution in [0.5, 0.6) is 0 Å². The molecule has 2 atom stereocenters. The molecule has 6 nitrogen and oxygen atoms in total. The highest BCUT2D eigenvalue weighted by atomic mass is 16.5. The fourth-order valence-corrected chi connectivity index (χ4v) is 2.66. The first-order chi connectivity index (χ1) is 9.91. The number of amides is 1. The summed E-state index contributed by atoms with van der Waals surface area (Å²) in [4.78, 5) is 14.4. The molecule has 0 aromatic carbocycles. The molecule has 1 aromatic heterocycles. The Kier molecular flexibility index (Phi) is 5.03. The van der Waals surface area contributed by atoms with Gasteiger partial charge in [0.1, 0.15) is 5.76 Å². The lowest BCUT2D eigenvalue weighted by Gasteiger charge is -2.44. The summed E-state index contributed by atoms with van der Waals surface area (Å²) in [6, 6.07) is 3.42. The van der Waals surface area contributed by atoms with Crippen molar-refractivity contribution in [2.45, 2.75) is 45.1 Å². The number of morpholine rings is 1. The minimum absolute atomic E-state index is 0.0140. The van der Waals surface area contributed by atoms with E-state index in [-0.39, 0.29) is 23.7 Å². The molecule has 1 aliphatic heterocycles. The van der Waals surface area contributed by atoms with Crippen LogP contribution in [0.15, 0.2) is 22.8 Å². The van der Waals surface area contributed by atoms with Gasteiger partial charge in [0.15, 0.2) is 0 Å². The van der Waals surface area contributed by atoms with E-state index in [1.165, 1.54) is 0 Å². The summed E-state index contributed by atoms with van der Waals surface area (Å²) >= 11 is 0. The Morgan fingerprint density at radius 2 is 2.38 bits per heavy atom. The Bertz CT molecular complexity index is 459. The molecule has 0 radical (unpaired) electrons. The standard InChI is InChI=1S/C15H25N3O3/c1-11(14(19)17-8-12-5-4-6-20-12)18-9-13(7-16)21-15(2,3)10-18/h4-6,11,13H,7-10,16H2,1-3H3,(H,17,19). The molecule has 2 unspecified atom stereocenters. The second kappa shape index (κ2) is 6.60. The van der Waals surface area contributed by atoms with E-state index in [4.69, 9.17) is 14.9 Å². The third kappa shape index (κ3) is 4.30. The third-order valence-corrected chi connectivity index (χ3v) is 3.71. The fraction of sp³-hybridized carbons (Fsp3) is 0.667. The van der Waals surface area contributed by atoms with Crippen LogP contribution in [0.25, 0.3) is 0 Å². The fourth-order valence-electron chi connectivity index (χ4n) is 2.66. The molecule has 0 aliphatic carbocycles. The Morgan fingerprint density at radius 1 is 1.62 bits per heavy atom. The van der Waals surface area contributed by atoms with Gasteiger partial charge in [0, 0.05) is 19.6 Å². The number of carbonyl (C=O) groups is 1. The Hall–Kier alpha value is -1.37. The van der Waals surface area contributed by atoms with Crippen LogP contribution in [0.4, 0.5) is 0 Å². The third-order valence-electron chi connectivity index (χ3n) is 3.71. The first kappa shape index (κ1) is 16.0. The lowest BCUT2D eigenvalue weighted by atomic mass is 10.0. The lowest BCUT2D eigenvalue weighted by Crippen LogP contribution is -2.59. The van der Waals surface area contributed by atoms with E-state index in [0.717, 1.165) is 5.76 Å². The van der Waals surface area contributed by atoms with Crippen molar-refractivity contribution in [1.82, 2.24) is 10.2 Å². The van der Waals surface area contributed by atoms with Gasteiger partial charge >= 0.3 is 0 Å². The summed E-state index contributed by atoms with van der Waals surface area (Å²) in [6.45, 7) is 8.20. The van der Waals surface area contributed by atoms with E-state index < -0.39 is 0 Å². The van der Waals surface area contributed by atoms with E-state index in [2.05, 4.69) is 10.2 Å². The molecule has 21 heavy (non-hydrogen) atoms. The average Bonchev–Trinajstić information content (AvgIpc) is 2.95. The van der Waals surface area contributed by atoms with Crippen molar-refractivity contribution in [3.63, 3.8) is 0 Å². The van der Waals surface area contributed by atoms with Crippen molar-refractivity contribution in [1.29, 1.82) is 0 Å². The summed E-state index contributed by atoms with van der Waals surface area (Å²) in [6.07, 6.45) is 1.57. The molecule has 6 heteroatoms. The second-order valence-electron chi connectivity index (χ2n) is 6.14. The maximum atomic E-state index is 12.3. The molecule has 1 aliphatic rings. The number of furan rings is 1. The van der Waals surface area contributed by atoms with Gasteiger partial charge in [-0.15, -0.1) is 0 Å². The van der Waals surface area contributed by atoms with E-state index in [0.29, 0.717) is 26.2 Å². The van der Waals surface area contributed by atoms with E-state index in [1.807, 2.05) is 26.8 Å². The van der Waals surface area contributed by atoms with Crippen LogP contribution in [-0.4, -0.2) is 48.2 Å². The monoisotopic (exact) mass is 295 g/mol. The van der Waals surface area contributed by atoms with Crippen molar-refractivity contribution < 1.29 is 13.9 Å². The number of ether oxygens (including phenoxy) is 1. The maximum absolute atomic E-state index is 12.3. The molecule has 1 saturated heterocycles. The summed E-state index contributed by atoms with van der Waals surface area (Å²) in [5.41, 5.74) is 5.43. The van der Waals surface area contributed by atoms with Crippen molar-refractivity contribution in [2.24, 2.45) is 5.73 Å². The number of hydrogen-bond acceptors (Lipinski definition) is 5. The molecular formula is C15H25N3O3. The van der Waals surface area contributed by atoms with E-state index in [9.17, 15) is 4.79 Å². The smallest absolute Gasteiger partial charge is 0.237 e. The van der Waals surface area contributed by atoms with Crippen LogP contribution in [0.1, 0.15) is 26.5 Å². The molecule has 118 valence electrons. The number of nitrogens with zero attached hydrogens (tertiary/aromatic N) is 1. The van der Waals surface area contributed by atoms with Gasteiger partial charge < -0.3 is 20.2 Å². The number of rotatable bonds is 5. The first-order valence-corrected chi connectivity index (χ1v) is 7.33. The highest BCUT2D eigenvalue weighted by Gasteiger charge is 2.36. The molecule has 1 aromatic rings. The Labute approximate surface area is 125 Å². The zero-order valence-corrected chi connectivity index (χ0v) is 13.0. The van der Waals surface area contributed by atoms with Crippen LogP contribution < -0.4 is 11.1 Å². The van der Waals surface area contributed by atoms with Gasteiger partial charge in [0.2, 0.25) is 5.91 Å². The molecule has 2 rings (SSSR count). The van der Waals surface area contributed by atoms with Gasteiger partial charge in [-0.25, -0.2) is 0 Å². The minimum Gasteiger partial charge on any atom is -0.467 e. The molecule has 0 saturated carbocycles. The van der Waals surface area contributed by atoms with Gasteiger partial charge in [-0.2, -0.15) is 0 Å². The average molecular weight is 295 g/mol. The van der Waals surface area contributed by atoms with Gasteiger partial charge in [0.25, 0.3) is 0 Å². The number of hydrogen-bond donors (Lipinski definition) is 2. The van der Waals surface area contributed by atoms with Crippen molar-refractivity contribution >= 4 is 5.91 Å². The largest absolute Gasteiger partial charge is 0.467 e. The number of nitrogens with two attached hydrogens (primary N) is 1. The summed E-state index contributed by atoms with van der Waals surface area (Å²) in [5, 5.41) is 2.90. The second-order valence-corrected chi connectivity index (χ2v) is 6.14. The van der Waals surface area contributed by atoms with Crippen molar-refractivity contribution in [3.05, 3.63) is 24.2 Å². The van der Waals surface area contributed by atoms with Crippen LogP contribution in [0, 0.1) is 0 Å². The van der Waals surface area contributed by atoms with Gasteiger partial charge in [-0.1, -0.05) is 0 Å². The molecule has 0 spiro atoms. The van der Waals surface area contributed by atoms with Crippen LogP contribution in [-0.2, 0) is 16.1 Å². The van der Waals surface area contributed by atoms with Crippen LogP contribution in [0.2, 0.25) is 0 Å². The van der Waals surface area contributed by atoms with E-state index in [1.54, 1.807) is 12.3 Å². The molecular weight excluding hydrogens is 270 g/mol. The van der Waals surface area contributed by atoms with Gasteiger partial charge in [-0.3, -0.25) is 9.69 Å². The number of nitrogens with one attached hydrogen (secondary N) is 1. The molecule has 2 heterocycles.